The Balaban J connectivity index is 2.39. The minimum atomic E-state index is 0.615. The lowest BCUT2D eigenvalue weighted by Crippen LogP contribution is -2.04. The highest BCUT2D eigenvalue weighted by molar-refractivity contribution is 5.49. The molecular weight excluding hydrogens is 250 g/mol. The van der Waals surface area contributed by atoms with E-state index in [2.05, 4.69) is 35.2 Å². The number of nitrogens with zero attached hydrogens (tertiary/aromatic N) is 2. The normalized spacial score (nSPS) is 10.4. The smallest absolute Gasteiger partial charge is 0.227 e. The zero-order chi connectivity index (χ0) is 14.7. The molecule has 1 aromatic heterocycles. The quantitative estimate of drug-likeness (QED) is 0.918. The molecule has 1 heterocycles. The molecule has 0 bridgehead atoms. The predicted molar refractivity (Wildman–Crippen MR) is 81.7 cm³/mol. The van der Waals surface area contributed by atoms with Crippen LogP contribution in [0.1, 0.15) is 29.4 Å². The summed E-state index contributed by atoms with van der Waals surface area (Å²) in [5.74, 6) is 3.01. The molecule has 0 amide bonds. The summed E-state index contributed by atoms with van der Waals surface area (Å²) in [6, 6.07) is 6.05. The Bertz CT molecular complexity index is 623. The second kappa shape index (κ2) is 5.90. The average molecular weight is 271 g/mol. The molecule has 4 nitrogen and oxygen atoms in total. The van der Waals surface area contributed by atoms with Gasteiger partial charge in [0.2, 0.25) is 5.88 Å². The first-order chi connectivity index (χ1) is 9.55. The van der Waals surface area contributed by atoms with E-state index in [4.69, 9.17) is 4.74 Å². The fraction of sp³-hybridized carbons (Fsp3) is 0.375. The third-order valence-corrected chi connectivity index (χ3v) is 3.39. The molecule has 1 N–H and O–H groups in total. The highest BCUT2D eigenvalue weighted by Gasteiger charge is 2.11. The number of hydrogen-bond acceptors (Lipinski definition) is 4. The molecule has 0 aliphatic heterocycles. The molecule has 0 saturated heterocycles. The maximum atomic E-state index is 5.94. The van der Waals surface area contributed by atoms with E-state index in [-0.39, 0.29) is 0 Å². The fourth-order valence-corrected chi connectivity index (χ4v) is 1.93. The van der Waals surface area contributed by atoms with Gasteiger partial charge in [0, 0.05) is 13.5 Å². The van der Waals surface area contributed by atoms with Crippen molar-refractivity contribution in [1.82, 2.24) is 9.97 Å². The van der Waals surface area contributed by atoms with Gasteiger partial charge in [-0.1, -0.05) is 13.0 Å². The molecule has 2 aromatic rings. The van der Waals surface area contributed by atoms with Crippen molar-refractivity contribution in [3.05, 3.63) is 40.7 Å². The average Bonchev–Trinajstić information content (AvgIpc) is 2.45. The van der Waals surface area contributed by atoms with E-state index in [1.165, 1.54) is 11.1 Å². The number of rotatable bonds is 4. The van der Waals surface area contributed by atoms with Gasteiger partial charge in [-0.15, -0.1) is 0 Å². The topological polar surface area (TPSA) is 47.0 Å². The molecule has 0 aliphatic carbocycles. The van der Waals surface area contributed by atoms with Crippen LogP contribution >= 0.6 is 0 Å². The lowest BCUT2D eigenvalue weighted by Gasteiger charge is -2.13. The van der Waals surface area contributed by atoms with Crippen LogP contribution in [-0.2, 0) is 6.42 Å². The van der Waals surface area contributed by atoms with Gasteiger partial charge in [0.15, 0.2) is 0 Å². The van der Waals surface area contributed by atoms with Crippen LogP contribution in [0.25, 0.3) is 0 Å². The Labute approximate surface area is 120 Å². The van der Waals surface area contributed by atoms with Crippen molar-refractivity contribution in [2.75, 3.05) is 12.4 Å². The standard InChI is InChI=1S/C16H21N3O/c1-6-14-18-15(17-5)12(4)16(19-14)20-13-8-7-10(2)11(3)9-13/h7-9H,6H2,1-5H3,(H,17,18,19). The van der Waals surface area contributed by atoms with E-state index in [1.54, 1.807) is 0 Å². The number of hydrogen-bond donors (Lipinski definition) is 1. The van der Waals surface area contributed by atoms with Gasteiger partial charge in [0.05, 0.1) is 5.56 Å². The Morgan fingerprint density at radius 1 is 1.10 bits per heavy atom. The fourth-order valence-electron chi connectivity index (χ4n) is 1.93. The maximum absolute atomic E-state index is 5.94. The maximum Gasteiger partial charge on any atom is 0.227 e. The molecule has 0 atom stereocenters. The zero-order valence-corrected chi connectivity index (χ0v) is 12.7. The van der Waals surface area contributed by atoms with Crippen LogP contribution in [0, 0.1) is 20.8 Å². The summed E-state index contributed by atoms with van der Waals surface area (Å²) in [5.41, 5.74) is 3.38. The van der Waals surface area contributed by atoms with Gasteiger partial charge in [-0.3, -0.25) is 0 Å². The van der Waals surface area contributed by atoms with E-state index in [1.807, 2.05) is 33.0 Å². The Kier molecular flexibility index (Phi) is 4.23. The van der Waals surface area contributed by atoms with Crippen molar-refractivity contribution >= 4 is 5.82 Å². The molecule has 0 radical (unpaired) electrons. The first-order valence-electron chi connectivity index (χ1n) is 6.85. The predicted octanol–water partition coefficient (Wildman–Crippen LogP) is 3.80. The third-order valence-electron chi connectivity index (χ3n) is 3.39. The number of ether oxygens (including phenoxy) is 1. The largest absolute Gasteiger partial charge is 0.439 e. The summed E-state index contributed by atoms with van der Waals surface area (Å²) in [7, 11) is 1.86. The van der Waals surface area contributed by atoms with Gasteiger partial charge in [0.25, 0.3) is 0 Å². The van der Waals surface area contributed by atoms with Crippen LogP contribution in [0.3, 0.4) is 0 Å². The van der Waals surface area contributed by atoms with Gasteiger partial charge < -0.3 is 10.1 Å². The summed E-state index contributed by atoms with van der Waals surface area (Å²) < 4.78 is 5.94. The number of aromatic nitrogens is 2. The van der Waals surface area contributed by atoms with Crippen LogP contribution in [0.2, 0.25) is 0 Å². The minimum absolute atomic E-state index is 0.615. The van der Waals surface area contributed by atoms with Crippen LogP contribution in [0.4, 0.5) is 5.82 Å². The Morgan fingerprint density at radius 3 is 2.45 bits per heavy atom. The van der Waals surface area contributed by atoms with Gasteiger partial charge in [-0.05, 0) is 44.0 Å². The van der Waals surface area contributed by atoms with Crippen molar-refractivity contribution < 1.29 is 4.74 Å². The Hall–Kier alpha value is -2.10. The lowest BCUT2D eigenvalue weighted by molar-refractivity contribution is 0.454. The van der Waals surface area contributed by atoms with Crippen LogP contribution in [0.5, 0.6) is 11.6 Å². The monoisotopic (exact) mass is 271 g/mol. The number of anilines is 1. The summed E-state index contributed by atoms with van der Waals surface area (Å²) in [6.07, 6.45) is 0.776. The highest BCUT2D eigenvalue weighted by Crippen LogP contribution is 2.28. The molecule has 2 rings (SSSR count). The van der Waals surface area contributed by atoms with Gasteiger partial charge in [-0.2, -0.15) is 4.98 Å². The molecule has 0 fully saturated rings. The molecule has 0 aliphatic rings. The highest BCUT2D eigenvalue weighted by atomic mass is 16.5. The van der Waals surface area contributed by atoms with Crippen LogP contribution < -0.4 is 10.1 Å². The first-order valence-corrected chi connectivity index (χ1v) is 6.85. The van der Waals surface area contributed by atoms with Crippen molar-refractivity contribution in [2.24, 2.45) is 0 Å². The number of benzene rings is 1. The van der Waals surface area contributed by atoms with Gasteiger partial charge >= 0.3 is 0 Å². The van der Waals surface area contributed by atoms with Crippen molar-refractivity contribution in [2.45, 2.75) is 34.1 Å². The van der Waals surface area contributed by atoms with Crippen LogP contribution in [-0.4, -0.2) is 17.0 Å². The number of nitrogens with one attached hydrogen (secondary N) is 1. The molecule has 0 unspecified atom stereocenters. The second-order valence-corrected chi connectivity index (χ2v) is 4.87. The van der Waals surface area contributed by atoms with Crippen molar-refractivity contribution in [3.63, 3.8) is 0 Å². The summed E-state index contributed by atoms with van der Waals surface area (Å²) in [4.78, 5) is 8.91. The zero-order valence-electron chi connectivity index (χ0n) is 12.7. The first kappa shape index (κ1) is 14.3. The van der Waals surface area contributed by atoms with E-state index in [0.717, 1.165) is 29.4 Å². The van der Waals surface area contributed by atoms with Crippen molar-refractivity contribution in [3.8, 4) is 11.6 Å². The van der Waals surface area contributed by atoms with E-state index < -0.39 is 0 Å². The lowest BCUT2D eigenvalue weighted by atomic mass is 10.1. The summed E-state index contributed by atoms with van der Waals surface area (Å²) >= 11 is 0. The molecule has 4 heteroatoms. The second-order valence-electron chi connectivity index (χ2n) is 4.87. The molecule has 1 aromatic carbocycles. The van der Waals surface area contributed by atoms with Crippen molar-refractivity contribution in [1.29, 1.82) is 0 Å². The molecular formula is C16H21N3O. The van der Waals surface area contributed by atoms with E-state index >= 15 is 0 Å². The van der Waals surface area contributed by atoms with Gasteiger partial charge in [-0.25, -0.2) is 4.98 Å². The van der Waals surface area contributed by atoms with Crippen LogP contribution in [0.15, 0.2) is 18.2 Å². The molecule has 0 saturated carbocycles. The minimum Gasteiger partial charge on any atom is -0.439 e. The third kappa shape index (κ3) is 2.90. The molecule has 20 heavy (non-hydrogen) atoms. The summed E-state index contributed by atoms with van der Waals surface area (Å²) in [5, 5.41) is 3.09. The molecule has 106 valence electrons. The molecule has 0 spiro atoms. The SMILES string of the molecule is CCc1nc(NC)c(C)c(Oc2ccc(C)c(C)c2)n1. The van der Waals surface area contributed by atoms with Gasteiger partial charge in [0.1, 0.15) is 17.4 Å². The van der Waals surface area contributed by atoms with E-state index in [9.17, 15) is 0 Å². The number of aryl methyl sites for hydroxylation is 3. The Morgan fingerprint density at radius 2 is 1.85 bits per heavy atom. The summed E-state index contributed by atoms with van der Waals surface area (Å²) in [6.45, 7) is 8.15. The van der Waals surface area contributed by atoms with E-state index in [0.29, 0.717) is 5.88 Å².